The molecule has 1 aromatic carbocycles. The van der Waals surface area contributed by atoms with Gasteiger partial charge in [0, 0.05) is 31.5 Å². The number of carboxylic acid groups (broad SMARTS) is 1. The van der Waals surface area contributed by atoms with Crippen LogP contribution in [0.5, 0.6) is 5.75 Å². The first-order valence-corrected chi connectivity index (χ1v) is 13.2. The fourth-order valence-electron chi connectivity index (χ4n) is 4.51. The number of amides is 5. The number of carboxylic acids is 1. The lowest BCUT2D eigenvalue weighted by Gasteiger charge is -2.28. The Morgan fingerprint density at radius 3 is 2.37 bits per heavy atom. The van der Waals surface area contributed by atoms with Crippen LogP contribution in [0.3, 0.4) is 0 Å². The Morgan fingerprint density at radius 1 is 1.07 bits per heavy atom. The Bertz CT molecular complexity index is 1080. The third-order valence-electron chi connectivity index (χ3n) is 6.50. The molecule has 0 unspecified atom stereocenters. The fraction of sp³-hybridized carbons (Fsp3) is 0.538. The van der Waals surface area contributed by atoms with Gasteiger partial charge >= 0.3 is 5.97 Å². The largest absolute Gasteiger partial charge is 0.508 e. The first kappa shape index (κ1) is 33.1. The molecule has 0 radical (unpaired) electrons. The first-order valence-electron chi connectivity index (χ1n) is 13.2. The monoisotopic (exact) mass is 578 g/mol. The Labute approximate surface area is 236 Å². The minimum absolute atomic E-state index is 0.0656. The van der Waals surface area contributed by atoms with E-state index >= 15 is 0 Å². The van der Waals surface area contributed by atoms with Crippen LogP contribution in [0.2, 0.25) is 0 Å². The van der Waals surface area contributed by atoms with Crippen molar-refractivity contribution in [3.63, 3.8) is 0 Å². The van der Waals surface area contributed by atoms with Crippen molar-refractivity contribution in [3.8, 4) is 5.75 Å². The number of hydrogen-bond donors (Lipinski definition) is 8. The molecule has 15 nitrogen and oxygen atoms in total. The topological polar surface area (TPSA) is 240 Å². The number of likely N-dealkylation sites (tertiary alicyclic amines) is 1. The van der Waals surface area contributed by atoms with Crippen molar-refractivity contribution in [2.75, 3.05) is 13.2 Å². The van der Waals surface area contributed by atoms with Crippen molar-refractivity contribution in [2.24, 2.45) is 5.73 Å². The normalized spacial score (nSPS) is 17.9. The van der Waals surface area contributed by atoms with Gasteiger partial charge in [-0.3, -0.25) is 39.0 Å². The average Bonchev–Trinajstić information content (AvgIpc) is 3.35. The number of phenols is 1. The van der Waals surface area contributed by atoms with Crippen molar-refractivity contribution in [1.82, 2.24) is 26.2 Å². The lowest BCUT2D eigenvalue weighted by atomic mass is 10.0. The molecule has 1 saturated heterocycles. The van der Waals surface area contributed by atoms with Crippen molar-refractivity contribution in [3.05, 3.63) is 29.8 Å². The molecule has 0 aromatic heterocycles. The van der Waals surface area contributed by atoms with Gasteiger partial charge in [0.05, 0.1) is 25.2 Å². The van der Waals surface area contributed by atoms with E-state index in [4.69, 9.17) is 10.8 Å². The smallest absolute Gasteiger partial charge is 0.304 e. The van der Waals surface area contributed by atoms with Crippen LogP contribution < -0.4 is 27.0 Å². The predicted octanol–water partition coefficient (Wildman–Crippen LogP) is -2.32. The van der Waals surface area contributed by atoms with Crippen LogP contribution in [0, 0.1) is 0 Å². The standard InChI is InChI=1S/C26H38N6O9/c1-15(34)24(31-22(37)10-17(27)11-23(38)39)26(41)28-13-32-8-2-3-20(32)25(40)30-18(12-21(36)29-14-33)9-16-4-6-19(35)7-5-16/h4-7,14-15,17-18,20,24,34-35H,2-3,8-13,27H2,1H3,(H,28,41)(H,30,40)(H,31,37)(H,38,39)(H,29,33,36)/t15-,17-,18+,20+,24+/m1/s1. The van der Waals surface area contributed by atoms with Crippen LogP contribution in [0.25, 0.3) is 0 Å². The summed E-state index contributed by atoms with van der Waals surface area (Å²) in [4.78, 5) is 73.4. The molecule has 1 heterocycles. The van der Waals surface area contributed by atoms with Crippen LogP contribution in [-0.2, 0) is 35.2 Å². The number of carbonyl (C=O) groups is 6. The van der Waals surface area contributed by atoms with E-state index in [9.17, 15) is 39.0 Å². The van der Waals surface area contributed by atoms with Gasteiger partial charge in [0.25, 0.3) is 0 Å². The maximum Gasteiger partial charge on any atom is 0.304 e. The molecular weight excluding hydrogens is 540 g/mol. The Balaban J connectivity index is 1.99. The van der Waals surface area contributed by atoms with Crippen LogP contribution in [-0.4, -0.2) is 99.7 Å². The molecule has 1 fully saturated rings. The Hall–Kier alpha value is -4.08. The number of nitrogens with zero attached hydrogens (tertiary/aromatic N) is 1. The molecule has 1 aliphatic rings. The number of nitrogens with one attached hydrogen (secondary N) is 4. The van der Waals surface area contributed by atoms with Crippen LogP contribution in [0.4, 0.5) is 0 Å². The van der Waals surface area contributed by atoms with E-state index in [1.54, 1.807) is 17.0 Å². The van der Waals surface area contributed by atoms with E-state index in [-0.39, 0.29) is 44.0 Å². The molecule has 1 aromatic rings. The zero-order valence-corrected chi connectivity index (χ0v) is 22.7. The summed E-state index contributed by atoms with van der Waals surface area (Å²) in [5, 5.41) is 38.2. The number of aliphatic hydroxyl groups excluding tert-OH is 1. The number of aliphatic carboxylic acids is 1. The van der Waals surface area contributed by atoms with Gasteiger partial charge in [-0.2, -0.15) is 0 Å². The number of hydrogen-bond acceptors (Lipinski definition) is 10. The van der Waals surface area contributed by atoms with Gasteiger partial charge in [0.2, 0.25) is 30.0 Å². The third-order valence-corrected chi connectivity index (χ3v) is 6.50. The molecule has 5 atom stereocenters. The van der Waals surface area contributed by atoms with E-state index in [1.807, 2.05) is 0 Å². The van der Waals surface area contributed by atoms with Gasteiger partial charge in [-0.25, -0.2) is 0 Å². The third kappa shape index (κ3) is 11.5. The number of phenolic OH excluding ortho intramolecular Hbond substituents is 1. The summed E-state index contributed by atoms with van der Waals surface area (Å²) in [5.74, 6) is -3.47. The second kappa shape index (κ2) is 16.2. The van der Waals surface area contributed by atoms with E-state index in [2.05, 4.69) is 21.3 Å². The predicted molar refractivity (Wildman–Crippen MR) is 144 cm³/mol. The number of imide groups is 1. The van der Waals surface area contributed by atoms with E-state index in [0.29, 0.717) is 19.4 Å². The molecule has 15 heteroatoms. The number of aliphatic hydroxyl groups is 1. The van der Waals surface area contributed by atoms with Crippen molar-refractivity contribution >= 4 is 36.0 Å². The van der Waals surface area contributed by atoms with Gasteiger partial charge in [0.1, 0.15) is 11.8 Å². The molecule has 0 aliphatic carbocycles. The second-order valence-electron chi connectivity index (χ2n) is 9.98. The first-order chi connectivity index (χ1) is 19.4. The van der Waals surface area contributed by atoms with Gasteiger partial charge in [0.15, 0.2) is 0 Å². The van der Waals surface area contributed by atoms with E-state index in [1.165, 1.54) is 19.1 Å². The number of carbonyl (C=O) groups excluding carboxylic acids is 5. The van der Waals surface area contributed by atoms with Crippen molar-refractivity contribution in [1.29, 1.82) is 0 Å². The Kier molecular flexibility index (Phi) is 13.1. The zero-order chi connectivity index (χ0) is 30.5. The maximum absolute atomic E-state index is 13.2. The molecule has 0 bridgehead atoms. The maximum atomic E-state index is 13.2. The molecule has 0 saturated carbocycles. The minimum atomic E-state index is -1.33. The summed E-state index contributed by atoms with van der Waals surface area (Å²) >= 11 is 0. The number of aromatic hydroxyl groups is 1. The molecule has 5 amide bonds. The molecular formula is C26H38N6O9. The highest BCUT2D eigenvalue weighted by Gasteiger charge is 2.33. The van der Waals surface area contributed by atoms with E-state index in [0.717, 1.165) is 5.56 Å². The van der Waals surface area contributed by atoms with E-state index < -0.39 is 60.4 Å². The van der Waals surface area contributed by atoms with Crippen LogP contribution >= 0.6 is 0 Å². The minimum Gasteiger partial charge on any atom is -0.508 e. The van der Waals surface area contributed by atoms with Gasteiger partial charge in [-0.05, 0) is 43.9 Å². The van der Waals surface area contributed by atoms with Crippen LogP contribution in [0.15, 0.2) is 24.3 Å². The highest BCUT2D eigenvalue weighted by molar-refractivity contribution is 5.89. The molecule has 0 spiro atoms. The lowest BCUT2D eigenvalue weighted by Crippen LogP contribution is -2.56. The van der Waals surface area contributed by atoms with Gasteiger partial charge < -0.3 is 37.0 Å². The number of benzene rings is 1. The molecule has 41 heavy (non-hydrogen) atoms. The summed E-state index contributed by atoms with van der Waals surface area (Å²) in [5.41, 5.74) is 6.36. The second-order valence-corrected chi connectivity index (χ2v) is 9.98. The summed E-state index contributed by atoms with van der Waals surface area (Å²) in [6, 6.07) is 2.67. The number of nitrogens with two attached hydrogens (primary N) is 1. The summed E-state index contributed by atoms with van der Waals surface area (Å²) in [7, 11) is 0. The van der Waals surface area contributed by atoms with Crippen LogP contribution in [0.1, 0.15) is 44.6 Å². The van der Waals surface area contributed by atoms with Gasteiger partial charge in [-0.1, -0.05) is 12.1 Å². The SMILES string of the molecule is C[C@@H](O)[C@H](NC(=O)C[C@@H](N)CC(=O)O)C(=O)NCN1CCC[C@H]1C(=O)N[C@H](CC(=O)NC=O)Cc1ccc(O)cc1. The zero-order valence-electron chi connectivity index (χ0n) is 22.7. The molecule has 1 aliphatic heterocycles. The Morgan fingerprint density at radius 2 is 1.76 bits per heavy atom. The summed E-state index contributed by atoms with van der Waals surface area (Å²) in [6.45, 7) is 1.72. The lowest BCUT2D eigenvalue weighted by molar-refractivity contribution is -0.138. The highest BCUT2D eigenvalue weighted by Crippen LogP contribution is 2.18. The summed E-state index contributed by atoms with van der Waals surface area (Å²) < 4.78 is 0. The fourth-order valence-corrected chi connectivity index (χ4v) is 4.51. The van der Waals surface area contributed by atoms with Gasteiger partial charge in [-0.15, -0.1) is 0 Å². The highest BCUT2D eigenvalue weighted by atomic mass is 16.4. The van der Waals surface area contributed by atoms with Crippen molar-refractivity contribution in [2.45, 2.75) is 75.7 Å². The average molecular weight is 579 g/mol. The molecule has 9 N–H and O–H groups in total. The molecule has 226 valence electrons. The number of rotatable bonds is 16. The molecule has 2 rings (SSSR count). The quantitative estimate of drug-likeness (QED) is 0.0968. The van der Waals surface area contributed by atoms with Crippen molar-refractivity contribution < 1.29 is 44.1 Å². The summed E-state index contributed by atoms with van der Waals surface area (Å²) in [6.07, 6.45) is -0.579.